The maximum atomic E-state index is 14.9. The van der Waals surface area contributed by atoms with E-state index in [2.05, 4.69) is 10.00 Å². The van der Waals surface area contributed by atoms with E-state index in [4.69, 9.17) is 0 Å². The van der Waals surface area contributed by atoms with Crippen molar-refractivity contribution in [3.8, 4) is 0 Å². The first-order valence-electron chi connectivity index (χ1n) is 6.67. The van der Waals surface area contributed by atoms with Crippen molar-refractivity contribution in [2.24, 2.45) is 13.0 Å². The molecule has 0 radical (unpaired) electrons. The Kier molecular flexibility index (Phi) is 4.69. The minimum Gasteiger partial charge on any atom is -0.306 e. The van der Waals surface area contributed by atoms with Crippen LogP contribution in [0, 0.1) is 5.92 Å². The van der Waals surface area contributed by atoms with Crippen molar-refractivity contribution in [2.45, 2.75) is 36.1 Å². The van der Waals surface area contributed by atoms with Crippen molar-refractivity contribution in [1.82, 2.24) is 14.7 Å². The Morgan fingerprint density at radius 2 is 1.95 bits per heavy atom. The summed E-state index contributed by atoms with van der Waals surface area (Å²) < 4.78 is 42.0. The molecule has 1 saturated heterocycles. The SMILES string of the molecule is CN1CCC(C(C)(F)Sc2cn(C)nc2C(F)F)CC1. The van der Waals surface area contributed by atoms with Crippen LogP contribution in [0.1, 0.15) is 31.9 Å². The standard InChI is InChI=1S/C13H20F3N3S/c1-13(16,9-4-6-18(2)7-5-9)20-10-8-19(3)17-11(10)12(14)15/h8-9,12H,4-7H2,1-3H3. The highest BCUT2D eigenvalue weighted by Crippen LogP contribution is 2.45. The lowest BCUT2D eigenvalue weighted by molar-refractivity contribution is 0.124. The van der Waals surface area contributed by atoms with Gasteiger partial charge in [0.05, 0.1) is 4.90 Å². The van der Waals surface area contributed by atoms with Gasteiger partial charge in [-0.1, -0.05) is 11.8 Å². The zero-order chi connectivity index (χ0) is 14.9. The molecule has 2 heterocycles. The van der Waals surface area contributed by atoms with Gasteiger partial charge in [0.1, 0.15) is 5.69 Å². The van der Waals surface area contributed by atoms with E-state index in [9.17, 15) is 13.2 Å². The smallest absolute Gasteiger partial charge is 0.283 e. The third-order valence-corrected chi connectivity index (χ3v) is 5.05. The van der Waals surface area contributed by atoms with Gasteiger partial charge in [-0.25, -0.2) is 13.2 Å². The molecule has 0 saturated carbocycles. The Labute approximate surface area is 121 Å². The number of hydrogen-bond acceptors (Lipinski definition) is 3. The van der Waals surface area contributed by atoms with E-state index in [1.165, 1.54) is 17.8 Å². The molecule has 0 bridgehead atoms. The van der Waals surface area contributed by atoms with Gasteiger partial charge < -0.3 is 4.90 Å². The molecule has 2 rings (SSSR count). The molecule has 7 heteroatoms. The number of piperidine rings is 1. The van der Waals surface area contributed by atoms with E-state index < -0.39 is 11.4 Å². The third kappa shape index (κ3) is 3.49. The van der Waals surface area contributed by atoms with E-state index in [0.717, 1.165) is 37.7 Å². The molecule has 20 heavy (non-hydrogen) atoms. The van der Waals surface area contributed by atoms with Gasteiger partial charge in [0, 0.05) is 19.2 Å². The summed E-state index contributed by atoms with van der Waals surface area (Å²) in [6, 6.07) is 0. The highest BCUT2D eigenvalue weighted by atomic mass is 32.2. The molecule has 0 spiro atoms. The number of nitrogens with zero attached hydrogens (tertiary/aromatic N) is 3. The summed E-state index contributed by atoms with van der Waals surface area (Å²) in [5, 5.41) is 2.17. The van der Waals surface area contributed by atoms with E-state index in [1.54, 1.807) is 7.05 Å². The van der Waals surface area contributed by atoms with Crippen LogP contribution in [0.15, 0.2) is 11.1 Å². The average Bonchev–Trinajstić information content (AvgIpc) is 2.70. The maximum absolute atomic E-state index is 14.9. The summed E-state index contributed by atoms with van der Waals surface area (Å²) in [7, 11) is 3.58. The van der Waals surface area contributed by atoms with Crippen molar-refractivity contribution in [1.29, 1.82) is 0 Å². The van der Waals surface area contributed by atoms with Crippen molar-refractivity contribution in [2.75, 3.05) is 20.1 Å². The molecule has 1 aliphatic rings. The van der Waals surface area contributed by atoms with Crippen LogP contribution < -0.4 is 0 Å². The molecule has 1 atom stereocenters. The van der Waals surface area contributed by atoms with Gasteiger partial charge in [0.2, 0.25) is 0 Å². The Hall–Kier alpha value is -0.690. The number of likely N-dealkylation sites (tertiary alicyclic amines) is 1. The van der Waals surface area contributed by atoms with Gasteiger partial charge in [-0.15, -0.1) is 0 Å². The number of rotatable bonds is 4. The van der Waals surface area contributed by atoms with Crippen molar-refractivity contribution in [3.63, 3.8) is 0 Å². The second-order valence-corrected chi connectivity index (χ2v) is 6.96. The summed E-state index contributed by atoms with van der Waals surface area (Å²) >= 11 is 0.881. The number of thioether (sulfide) groups is 1. The quantitative estimate of drug-likeness (QED) is 0.795. The maximum Gasteiger partial charge on any atom is 0.283 e. The molecule has 0 amide bonds. The van der Waals surface area contributed by atoms with Crippen molar-refractivity contribution >= 4 is 11.8 Å². The molecule has 0 N–H and O–H groups in total. The van der Waals surface area contributed by atoms with Gasteiger partial charge in [-0.3, -0.25) is 4.68 Å². The van der Waals surface area contributed by atoms with Crippen molar-refractivity contribution < 1.29 is 13.2 Å². The summed E-state index contributed by atoms with van der Waals surface area (Å²) in [4.78, 5) is 2.40. The van der Waals surface area contributed by atoms with Crippen LogP contribution in [-0.4, -0.2) is 39.8 Å². The monoisotopic (exact) mass is 307 g/mol. The van der Waals surface area contributed by atoms with Crippen LogP contribution in [0.3, 0.4) is 0 Å². The third-order valence-electron chi connectivity index (χ3n) is 3.79. The van der Waals surface area contributed by atoms with E-state index >= 15 is 0 Å². The van der Waals surface area contributed by atoms with Crippen LogP contribution >= 0.6 is 11.8 Å². The molecule has 1 aromatic heterocycles. The predicted molar refractivity (Wildman–Crippen MR) is 73.8 cm³/mol. The van der Waals surface area contributed by atoms with E-state index in [-0.39, 0.29) is 16.5 Å². The first kappa shape index (κ1) is 15.7. The lowest BCUT2D eigenvalue weighted by Gasteiger charge is -2.36. The predicted octanol–water partition coefficient (Wildman–Crippen LogP) is 3.48. The topological polar surface area (TPSA) is 21.1 Å². The first-order valence-corrected chi connectivity index (χ1v) is 7.49. The Morgan fingerprint density at radius 3 is 2.50 bits per heavy atom. The van der Waals surface area contributed by atoms with Crippen LogP contribution in [0.4, 0.5) is 13.2 Å². The molecular weight excluding hydrogens is 287 g/mol. The molecule has 1 aromatic rings. The highest BCUT2D eigenvalue weighted by Gasteiger charge is 2.38. The zero-order valence-corrected chi connectivity index (χ0v) is 12.8. The van der Waals surface area contributed by atoms with Gasteiger partial charge in [-0.05, 0) is 39.9 Å². The number of aryl methyl sites for hydroxylation is 1. The van der Waals surface area contributed by atoms with Gasteiger partial charge in [0.15, 0.2) is 5.00 Å². The Morgan fingerprint density at radius 1 is 1.35 bits per heavy atom. The second-order valence-electron chi connectivity index (χ2n) is 5.52. The van der Waals surface area contributed by atoms with Crippen molar-refractivity contribution in [3.05, 3.63) is 11.9 Å². The summed E-state index contributed by atoms with van der Waals surface area (Å²) in [6.45, 7) is 3.19. The summed E-state index contributed by atoms with van der Waals surface area (Å²) in [5.74, 6) is -0.116. The second kappa shape index (κ2) is 5.97. The number of halogens is 3. The van der Waals surface area contributed by atoms with E-state index in [0.29, 0.717) is 0 Å². The fourth-order valence-electron chi connectivity index (χ4n) is 2.54. The van der Waals surface area contributed by atoms with Gasteiger partial charge >= 0.3 is 0 Å². The van der Waals surface area contributed by atoms with Gasteiger partial charge in [-0.2, -0.15) is 5.10 Å². The average molecular weight is 307 g/mol. The number of aromatic nitrogens is 2. The van der Waals surface area contributed by atoms with Crippen LogP contribution in [0.2, 0.25) is 0 Å². The summed E-state index contributed by atoms with van der Waals surface area (Å²) in [5.41, 5.74) is -0.325. The fraction of sp³-hybridized carbons (Fsp3) is 0.769. The largest absolute Gasteiger partial charge is 0.306 e. The molecule has 114 valence electrons. The highest BCUT2D eigenvalue weighted by molar-refractivity contribution is 8.00. The molecule has 1 fully saturated rings. The molecular formula is C13H20F3N3S. The van der Waals surface area contributed by atoms with Crippen LogP contribution in [0.5, 0.6) is 0 Å². The molecule has 0 aliphatic carbocycles. The fourth-order valence-corrected chi connectivity index (χ4v) is 3.81. The molecule has 3 nitrogen and oxygen atoms in total. The number of hydrogen-bond donors (Lipinski definition) is 0. The van der Waals surface area contributed by atoms with Gasteiger partial charge in [0.25, 0.3) is 6.43 Å². The van der Waals surface area contributed by atoms with E-state index in [1.807, 2.05) is 7.05 Å². The lowest BCUT2D eigenvalue weighted by atomic mass is 9.93. The first-order chi connectivity index (χ1) is 9.29. The molecule has 1 unspecified atom stereocenters. The zero-order valence-electron chi connectivity index (χ0n) is 11.9. The Bertz CT molecular complexity index is 454. The van der Waals surface area contributed by atoms with Crippen LogP contribution in [-0.2, 0) is 7.05 Å². The van der Waals surface area contributed by atoms with Crippen LogP contribution in [0.25, 0.3) is 0 Å². The lowest BCUT2D eigenvalue weighted by Crippen LogP contribution is -2.38. The minimum atomic E-state index is -2.67. The molecule has 0 aromatic carbocycles. The normalized spacial score (nSPS) is 21.4. The Balaban J connectivity index is 2.11. The molecule has 1 aliphatic heterocycles. The number of alkyl halides is 3. The summed E-state index contributed by atoms with van der Waals surface area (Å²) in [6.07, 6.45) is 0.299. The minimum absolute atomic E-state index is 0.116.